The number of aromatic amines is 1. The van der Waals surface area contributed by atoms with Crippen LogP contribution >= 0.6 is 0 Å². The van der Waals surface area contributed by atoms with Gasteiger partial charge in [0.15, 0.2) is 0 Å². The van der Waals surface area contributed by atoms with Crippen molar-refractivity contribution in [3.8, 4) is 0 Å². The molecule has 1 aromatic rings. The van der Waals surface area contributed by atoms with E-state index >= 15 is 0 Å². The summed E-state index contributed by atoms with van der Waals surface area (Å²) in [6, 6.07) is 0.557. The molecule has 0 atom stereocenters. The molecule has 1 aromatic heterocycles. The van der Waals surface area contributed by atoms with Gasteiger partial charge in [-0.05, 0) is 6.07 Å². The summed E-state index contributed by atoms with van der Waals surface area (Å²) >= 11 is 0. The van der Waals surface area contributed by atoms with Gasteiger partial charge in [-0.25, -0.2) is 4.79 Å². The van der Waals surface area contributed by atoms with E-state index in [9.17, 15) is 18.0 Å². The zero-order valence-electron chi connectivity index (χ0n) is 6.54. The van der Waals surface area contributed by atoms with Crippen LogP contribution < -0.4 is 5.69 Å². The minimum atomic E-state index is -4.67. The lowest BCUT2D eigenvalue weighted by atomic mass is 10.3. The first-order chi connectivity index (χ1) is 6.43. The summed E-state index contributed by atoms with van der Waals surface area (Å²) in [5.41, 5.74) is -2.77. The summed E-state index contributed by atoms with van der Waals surface area (Å²) < 4.78 is 36.2. The van der Waals surface area contributed by atoms with E-state index in [1.807, 2.05) is 0 Å². The molecule has 8 heteroatoms. The summed E-state index contributed by atoms with van der Waals surface area (Å²) in [5.74, 6) is 0. The van der Waals surface area contributed by atoms with E-state index in [4.69, 9.17) is 5.21 Å². The van der Waals surface area contributed by atoms with Crippen LogP contribution in [0.3, 0.4) is 0 Å². The SMILES string of the molecule is O=c1nc(/C=N/O)cc(C(F)(F)F)[nH]1. The highest BCUT2D eigenvalue weighted by Crippen LogP contribution is 2.26. The van der Waals surface area contributed by atoms with Crippen molar-refractivity contribution in [3.63, 3.8) is 0 Å². The molecule has 1 heterocycles. The van der Waals surface area contributed by atoms with E-state index < -0.39 is 17.6 Å². The smallest absolute Gasteiger partial charge is 0.411 e. The van der Waals surface area contributed by atoms with Gasteiger partial charge in [0.1, 0.15) is 5.69 Å². The molecule has 0 bridgehead atoms. The quantitative estimate of drug-likeness (QED) is 0.402. The van der Waals surface area contributed by atoms with Gasteiger partial charge in [-0.3, -0.25) is 0 Å². The Morgan fingerprint density at radius 3 is 2.71 bits per heavy atom. The topological polar surface area (TPSA) is 78.3 Å². The number of hydrogen-bond acceptors (Lipinski definition) is 4. The fourth-order valence-corrected chi connectivity index (χ4v) is 0.755. The Morgan fingerprint density at radius 1 is 1.57 bits per heavy atom. The Kier molecular flexibility index (Phi) is 2.54. The van der Waals surface area contributed by atoms with Gasteiger partial charge in [0, 0.05) is 0 Å². The standard InChI is InChI=1S/C6H4F3N3O2/c7-6(8,9)4-1-3(2-10-14)11-5(13)12-4/h1-2,14H,(H,11,12,13)/b10-2+. The first kappa shape index (κ1) is 10.2. The molecule has 5 nitrogen and oxygen atoms in total. The Balaban J connectivity index is 3.28. The second kappa shape index (κ2) is 3.48. The van der Waals surface area contributed by atoms with Gasteiger partial charge < -0.3 is 10.2 Å². The lowest BCUT2D eigenvalue weighted by molar-refractivity contribution is -0.141. The predicted molar refractivity (Wildman–Crippen MR) is 39.2 cm³/mol. The number of halogens is 3. The molecular formula is C6H4F3N3O2. The van der Waals surface area contributed by atoms with Crippen LogP contribution in [0.25, 0.3) is 0 Å². The number of oxime groups is 1. The van der Waals surface area contributed by atoms with Crippen molar-refractivity contribution >= 4 is 6.21 Å². The summed E-state index contributed by atoms with van der Waals surface area (Å²) in [5, 5.41) is 10.5. The highest BCUT2D eigenvalue weighted by Gasteiger charge is 2.32. The van der Waals surface area contributed by atoms with Crippen LogP contribution in [0.2, 0.25) is 0 Å². The monoisotopic (exact) mass is 207 g/mol. The highest BCUT2D eigenvalue weighted by atomic mass is 19.4. The number of nitrogens with zero attached hydrogens (tertiary/aromatic N) is 2. The zero-order valence-corrected chi connectivity index (χ0v) is 6.54. The van der Waals surface area contributed by atoms with Crippen LogP contribution in [0, 0.1) is 0 Å². The second-order valence-corrected chi connectivity index (χ2v) is 2.27. The molecule has 0 aliphatic heterocycles. The zero-order chi connectivity index (χ0) is 10.8. The van der Waals surface area contributed by atoms with Crippen molar-refractivity contribution < 1.29 is 18.4 Å². The maximum atomic E-state index is 12.1. The average Bonchev–Trinajstić information content (AvgIpc) is 2.02. The first-order valence-electron chi connectivity index (χ1n) is 3.29. The molecule has 1 rings (SSSR count). The van der Waals surface area contributed by atoms with Crippen LogP contribution in [0.5, 0.6) is 0 Å². The number of nitrogens with one attached hydrogen (secondary N) is 1. The maximum Gasteiger partial charge on any atom is 0.431 e. The van der Waals surface area contributed by atoms with E-state index in [-0.39, 0.29) is 5.69 Å². The van der Waals surface area contributed by atoms with Gasteiger partial charge in [0.25, 0.3) is 0 Å². The van der Waals surface area contributed by atoms with Crippen LogP contribution in [0.4, 0.5) is 13.2 Å². The van der Waals surface area contributed by atoms with Crippen LogP contribution in [-0.2, 0) is 6.18 Å². The molecule has 0 saturated carbocycles. The number of H-pyrrole nitrogens is 1. The lowest BCUT2D eigenvalue weighted by Crippen LogP contribution is -2.20. The predicted octanol–water partition coefficient (Wildman–Crippen LogP) is 0.597. The first-order valence-corrected chi connectivity index (χ1v) is 3.29. The lowest BCUT2D eigenvalue weighted by Gasteiger charge is -2.05. The Bertz CT molecular complexity index is 410. The number of alkyl halides is 3. The molecule has 0 aliphatic rings. The third-order valence-corrected chi connectivity index (χ3v) is 1.26. The minimum Gasteiger partial charge on any atom is -0.411 e. The number of hydrogen-bond donors (Lipinski definition) is 2. The summed E-state index contributed by atoms with van der Waals surface area (Å²) in [4.78, 5) is 15.3. The molecule has 0 amide bonds. The number of aromatic nitrogens is 2. The summed E-state index contributed by atoms with van der Waals surface area (Å²) in [7, 11) is 0. The molecule has 0 spiro atoms. The Hall–Kier alpha value is -1.86. The van der Waals surface area contributed by atoms with Crippen LogP contribution in [-0.4, -0.2) is 21.4 Å². The molecule has 2 N–H and O–H groups in total. The molecule has 0 radical (unpaired) electrons. The van der Waals surface area contributed by atoms with Crippen molar-refractivity contribution in [1.82, 2.24) is 9.97 Å². The minimum absolute atomic E-state index is 0.372. The average molecular weight is 207 g/mol. The van der Waals surface area contributed by atoms with Gasteiger partial charge >= 0.3 is 11.9 Å². The van der Waals surface area contributed by atoms with E-state index in [1.54, 1.807) is 0 Å². The molecular weight excluding hydrogens is 203 g/mol. The molecule has 0 aliphatic carbocycles. The molecule has 76 valence electrons. The van der Waals surface area contributed by atoms with Crippen molar-refractivity contribution in [2.24, 2.45) is 5.16 Å². The maximum absolute atomic E-state index is 12.1. The Labute approximate surface area is 74.9 Å². The van der Waals surface area contributed by atoms with Crippen molar-refractivity contribution in [2.45, 2.75) is 6.18 Å². The molecule has 0 fully saturated rings. The third-order valence-electron chi connectivity index (χ3n) is 1.26. The van der Waals surface area contributed by atoms with E-state index in [0.29, 0.717) is 12.3 Å². The van der Waals surface area contributed by atoms with E-state index in [0.717, 1.165) is 0 Å². The van der Waals surface area contributed by atoms with Crippen molar-refractivity contribution in [3.05, 3.63) is 27.9 Å². The molecule has 14 heavy (non-hydrogen) atoms. The van der Waals surface area contributed by atoms with Gasteiger partial charge in [-0.1, -0.05) is 5.16 Å². The highest BCUT2D eigenvalue weighted by molar-refractivity contribution is 5.76. The molecule has 0 aromatic carbocycles. The Morgan fingerprint density at radius 2 is 2.21 bits per heavy atom. The van der Waals surface area contributed by atoms with Crippen LogP contribution in [0.1, 0.15) is 11.4 Å². The molecule has 0 saturated heterocycles. The van der Waals surface area contributed by atoms with Gasteiger partial charge in [-0.2, -0.15) is 18.2 Å². The van der Waals surface area contributed by atoms with Gasteiger partial charge in [0.2, 0.25) is 0 Å². The number of rotatable bonds is 1. The van der Waals surface area contributed by atoms with Gasteiger partial charge in [-0.15, -0.1) is 0 Å². The van der Waals surface area contributed by atoms with Crippen LogP contribution in [0.15, 0.2) is 16.0 Å². The van der Waals surface area contributed by atoms with Gasteiger partial charge in [0.05, 0.1) is 11.9 Å². The summed E-state index contributed by atoms with van der Waals surface area (Å²) in [6.07, 6.45) is -4.04. The fourth-order valence-electron chi connectivity index (χ4n) is 0.755. The van der Waals surface area contributed by atoms with E-state index in [2.05, 4.69) is 10.1 Å². The molecule has 0 unspecified atom stereocenters. The van der Waals surface area contributed by atoms with Crippen molar-refractivity contribution in [1.29, 1.82) is 0 Å². The summed E-state index contributed by atoms with van der Waals surface area (Å²) in [6.45, 7) is 0. The fraction of sp³-hybridized carbons (Fsp3) is 0.167. The normalized spacial score (nSPS) is 12.2. The van der Waals surface area contributed by atoms with E-state index in [1.165, 1.54) is 4.98 Å². The van der Waals surface area contributed by atoms with Crippen molar-refractivity contribution in [2.75, 3.05) is 0 Å². The third kappa shape index (κ3) is 2.31. The largest absolute Gasteiger partial charge is 0.431 e. The second-order valence-electron chi connectivity index (χ2n) is 2.27.